The number of nitrogens with one attached hydrogen (secondary N) is 1. The second-order valence-corrected chi connectivity index (χ2v) is 19.4. The normalized spacial score (nSPS) is 33.1. The molecule has 3 aliphatic heterocycles. The number of amides is 1. The van der Waals surface area contributed by atoms with Crippen molar-refractivity contribution in [3.8, 4) is 0 Å². The average molecular weight is 984 g/mol. The Bertz CT molecular complexity index is 1270. The Morgan fingerprint density at radius 1 is 0.471 bits per heavy atom. The van der Waals surface area contributed by atoms with Crippen molar-refractivity contribution in [2.75, 3.05) is 26.4 Å². The number of ether oxygens (including phenoxy) is 6. The van der Waals surface area contributed by atoms with E-state index in [0.717, 1.165) is 44.9 Å². The summed E-state index contributed by atoms with van der Waals surface area (Å²) in [7, 11) is 0. The fourth-order valence-electron chi connectivity index (χ4n) is 9.25. The SMILES string of the molecule is CCCCCCCCCCCCCCCCCC(O)C(COC1OC(CO)C(OC2OC(CO)C(OC3OC(CO)C(O)C(O)C3O)C(O)C2O)C(O)C1O)NC(=O)CCCCCCCCCC. The molecule has 12 N–H and O–H groups in total. The van der Waals surface area contributed by atoms with Crippen molar-refractivity contribution in [1.82, 2.24) is 5.32 Å². The van der Waals surface area contributed by atoms with Crippen LogP contribution in [0.2, 0.25) is 0 Å². The zero-order valence-corrected chi connectivity index (χ0v) is 41.1. The Hall–Kier alpha value is -1.21. The average Bonchev–Trinajstić information content (AvgIpc) is 3.33. The lowest BCUT2D eigenvalue weighted by atomic mass is 9.96. The van der Waals surface area contributed by atoms with Crippen molar-refractivity contribution in [1.29, 1.82) is 0 Å². The van der Waals surface area contributed by atoms with Gasteiger partial charge in [0.05, 0.1) is 38.6 Å². The Morgan fingerprint density at radius 2 is 0.838 bits per heavy atom. The van der Waals surface area contributed by atoms with E-state index in [9.17, 15) is 61.0 Å². The fraction of sp³-hybridized carbons (Fsp3) is 0.980. The number of carbonyl (C=O) groups excluding carboxylic acids is 1. The monoisotopic (exact) mass is 984 g/mol. The standard InChI is InChI=1S/C49H93NO18/c1-3-5-7-9-11-13-14-15-16-17-18-19-20-22-24-26-33(54)32(50-37(55)27-25-23-21-12-10-8-6-4-2)31-63-47-43(61)40(58)45(35(29-52)65-47)68-49-44(62)41(59)46(36(30-53)66-49)67-48-42(60)39(57)38(56)34(28-51)64-48/h32-36,38-49,51-54,56-62H,3-31H2,1-2H3,(H,50,55). The summed E-state index contributed by atoms with van der Waals surface area (Å²) in [6.45, 7) is 1.73. The number of aliphatic hydroxyl groups excluding tert-OH is 11. The molecule has 19 nitrogen and oxygen atoms in total. The Morgan fingerprint density at radius 3 is 1.28 bits per heavy atom. The summed E-state index contributed by atoms with van der Waals surface area (Å²) in [6, 6.07) is -0.876. The summed E-state index contributed by atoms with van der Waals surface area (Å²) in [4.78, 5) is 13.2. The first kappa shape index (κ1) is 61.1. The first-order valence-corrected chi connectivity index (χ1v) is 26.3. The van der Waals surface area contributed by atoms with E-state index in [1.165, 1.54) is 96.3 Å². The largest absolute Gasteiger partial charge is 0.394 e. The van der Waals surface area contributed by atoms with Crippen molar-refractivity contribution < 1.29 is 89.4 Å². The van der Waals surface area contributed by atoms with Crippen molar-refractivity contribution >= 4 is 5.91 Å². The van der Waals surface area contributed by atoms with Gasteiger partial charge in [-0.05, 0) is 12.8 Å². The molecule has 3 heterocycles. The van der Waals surface area contributed by atoms with Crippen LogP contribution in [0.15, 0.2) is 0 Å². The molecule has 0 spiro atoms. The minimum absolute atomic E-state index is 0.248. The van der Waals surface area contributed by atoms with Gasteiger partial charge in [0.25, 0.3) is 0 Å². The van der Waals surface area contributed by atoms with Gasteiger partial charge in [-0.3, -0.25) is 4.79 Å². The lowest BCUT2D eigenvalue weighted by Gasteiger charge is -2.48. The minimum atomic E-state index is -1.97. The number of aliphatic hydroxyl groups is 11. The van der Waals surface area contributed by atoms with Gasteiger partial charge in [0.1, 0.15) is 73.2 Å². The molecule has 3 aliphatic rings. The van der Waals surface area contributed by atoms with Crippen LogP contribution in [0, 0.1) is 0 Å². The van der Waals surface area contributed by atoms with Crippen LogP contribution in [0.25, 0.3) is 0 Å². The molecule has 3 saturated heterocycles. The topological polar surface area (TPSA) is 307 Å². The highest BCUT2D eigenvalue weighted by Gasteiger charge is 2.53. The Balaban J connectivity index is 1.53. The molecule has 0 aromatic rings. The predicted molar refractivity (Wildman–Crippen MR) is 250 cm³/mol. The van der Waals surface area contributed by atoms with Crippen molar-refractivity contribution in [2.45, 2.75) is 279 Å². The molecule has 402 valence electrons. The maximum absolute atomic E-state index is 13.2. The van der Waals surface area contributed by atoms with Gasteiger partial charge in [0.15, 0.2) is 18.9 Å². The minimum Gasteiger partial charge on any atom is -0.394 e. The first-order chi connectivity index (χ1) is 32.8. The third-order valence-electron chi connectivity index (χ3n) is 13.7. The highest BCUT2D eigenvalue weighted by Crippen LogP contribution is 2.33. The molecular formula is C49H93NO18. The number of hydrogen-bond acceptors (Lipinski definition) is 18. The van der Waals surface area contributed by atoms with Gasteiger partial charge in [-0.15, -0.1) is 0 Å². The molecule has 0 bridgehead atoms. The first-order valence-electron chi connectivity index (χ1n) is 26.3. The molecule has 17 unspecified atom stereocenters. The Labute approximate surface area is 404 Å². The number of hydrogen-bond donors (Lipinski definition) is 12. The molecular weight excluding hydrogens is 891 g/mol. The lowest BCUT2D eigenvalue weighted by Crippen LogP contribution is -2.66. The summed E-state index contributed by atoms with van der Waals surface area (Å²) in [5.74, 6) is -0.248. The number of carbonyl (C=O) groups is 1. The van der Waals surface area contributed by atoms with E-state index < -0.39 is 124 Å². The summed E-state index contributed by atoms with van der Waals surface area (Å²) in [5.41, 5.74) is 0. The quantitative estimate of drug-likeness (QED) is 0.0397. The van der Waals surface area contributed by atoms with Gasteiger partial charge in [0, 0.05) is 6.42 Å². The van der Waals surface area contributed by atoms with Gasteiger partial charge in [-0.1, -0.05) is 155 Å². The zero-order chi connectivity index (χ0) is 49.8. The van der Waals surface area contributed by atoms with Gasteiger partial charge < -0.3 is 89.9 Å². The van der Waals surface area contributed by atoms with Crippen LogP contribution >= 0.6 is 0 Å². The summed E-state index contributed by atoms with van der Waals surface area (Å²) >= 11 is 0. The van der Waals surface area contributed by atoms with Crippen molar-refractivity contribution in [3.05, 3.63) is 0 Å². The van der Waals surface area contributed by atoms with E-state index in [0.29, 0.717) is 12.8 Å². The smallest absolute Gasteiger partial charge is 0.220 e. The summed E-state index contributed by atoms with van der Waals surface area (Å²) in [6.07, 6.45) is 0.845. The fourth-order valence-corrected chi connectivity index (χ4v) is 9.25. The molecule has 1 amide bonds. The van der Waals surface area contributed by atoms with Crippen LogP contribution in [-0.2, 0) is 33.2 Å². The van der Waals surface area contributed by atoms with E-state index in [1.807, 2.05) is 0 Å². The molecule has 0 saturated carbocycles. The second kappa shape index (κ2) is 35.0. The third kappa shape index (κ3) is 20.7. The molecule has 0 aromatic carbocycles. The molecule has 19 heteroatoms. The van der Waals surface area contributed by atoms with Gasteiger partial charge >= 0.3 is 0 Å². The van der Waals surface area contributed by atoms with Crippen molar-refractivity contribution in [3.63, 3.8) is 0 Å². The van der Waals surface area contributed by atoms with E-state index in [4.69, 9.17) is 28.4 Å². The van der Waals surface area contributed by atoms with Crippen LogP contribution in [-0.4, -0.2) is 193 Å². The van der Waals surface area contributed by atoms with Gasteiger partial charge in [-0.25, -0.2) is 0 Å². The van der Waals surface area contributed by atoms with Crippen molar-refractivity contribution in [2.24, 2.45) is 0 Å². The van der Waals surface area contributed by atoms with E-state index in [2.05, 4.69) is 19.2 Å². The molecule has 0 aromatic heterocycles. The molecule has 68 heavy (non-hydrogen) atoms. The van der Waals surface area contributed by atoms with Crippen LogP contribution in [0.1, 0.15) is 174 Å². The van der Waals surface area contributed by atoms with E-state index in [-0.39, 0.29) is 18.9 Å². The van der Waals surface area contributed by atoms with Gasteiger partial charge in [-0.2, -0.15) is 0 Å². The third-order valence-corrected chi connectivity index (χ3v) is 13.7. The van der Waals surface area contributed by atoms with E-state index in [1.54, 1.807) is 0 Å². The lowest BCUT2D eigenvalue weighted by molar-refractivity contribution is -0.379. The summed E-state index contributed by atoms with van der Waals surface area (Å²) < 4.78 is 34.1. The highest BCUT2D eigenvalue weighted by molar-refractivity contribution is 5.76. The molecule has 17 atom stereocenters. The second-order valence-electron chi connectivity index (χ2n) is 19.4. The molecule has 0 radical (unpaired) electrons. The maximum atomic E-state index is 13.2. The summed E-state index contributed by atoms with van der Waals surface area (Å²) in [5, 5.41) is 120. The van der Waals surface area contributed by atoms with Gasteiger partial charge in [0.2, 0.25) is 5.91 Å². The molecule has 3 fully saturated rings. The zero-order valence-electron chi connectivity index (χ0n) is 41.1. The van der Waals surface area contributed by atoms with Crippen LogP contribution in [0.4, 0.5) is 0 Å². The van der Waals surface area contributed by atoms with Crippen LogP contribution < -0.4 is 5.32 Å². The predicted octanol–water partition coefficient (Wildman–Crippen LogP) is 2.09. The molecule has 3 rings (SSSR count). The molecule has 0 aliphatic carbocycles. The number of rotatable bonds is 37. The van der Waals surface area contributed by atoms with E-state index >= 15 is 0 Å². The maximum Gasteiger partial charge on any atom is 0.220 e. The Kier molecular flexibility index (Phi) is 31.5. The van der Waals surface area contributed by atoms with Crippen LogP contribution in [0.3, 0.4) is 0 Å². The van der Waals surface area contributed by atoms with Crippen LogP contribution in [0.5, 0.6) is 0 Å². The number of unbranched alkanes of at least 4 members (excludes halogenated alkanes) is 21. The highest BCUT2D eigenvalue weighted by atomic mass is 16.8.